The van der Waals surface area contributed by atoms with E-state index in [9.17, 15) is 44.1 Å². The van der Waals surface area contributed by atoms with Crippen molar-refractivity contribution in [1.82, 2.24) is 44.5 Å². The summed E-state index contributed by atoms with van der Waals surface area (Å²) in [6.07, 6.45) is 7.41. The first-order chi connectivity index (χ1) is 36.7. The predicted molar refractivity (Wildman–Crippen MR) is 291 cm³/mol. The van der Waals surface area contributed by atoms with Gasteiger partial charge in [-0.2, -0.15) is 5.10 Å². The largest absolute Gasteiger partial charge is 0.496 e. The van der Waals surface area contributed by atoms with Crippen LogP contribution in [-0.4, -0.2) is 216 Å². The van der Waals surface area contributed by atoms with E-state index in [0.29, 0.717) is 111 Å². The quantitative estimate of drug-likeness (QED) is 0.0856. The highest BCUT2D eigenvalue weighted by atomic mass is 16.5. The minimum atomic E-state index is -1.09. The molecule has 2 heterocycles. The number of amides is 3. The van der Waals surface area contributed by atoms with Gasteiger partial charge in [0.2, 0.25) is 5.91 Å². The van der Waals surface area contributed by atoms with Crippen LogP contribution >= 0.6 is 0 Å². The van der Waals surface area contributed by atoms with Gasteiger partial charge in [0.25, 0.3) is 11.8 Å². The molecule has 1 unspecified atom stereocenters. The van der Waals surface area contributed by atoms with E-state index in [-0.39, 0.29) is 68.2 Å². The van der Waals surface area contributed by atoms with Crippen LogP contribution in [0.1, 0.15) is 111 Å². The zero-order valence-corrected chi connectivity index (χ0v) is 46.5. The van der Waals surface area contributed by atoms with Crippen LogP contribution in [0.15, 0.2) is 42.5 Å². The average molecular weight is 1070 g/mol. The van der Waals surface area contributed by atoms with E-state index in [1.165, 1.54) is 6.42 Å². The smallest absolute Gasteiger partial charge is 0.320 e. The third-order valence-electron chi connectivity index (χ3n) is 17.0. The number of carboxylic acid groups (broad SMARTS) is 3. The highest BCUT2D eigenvalue weighted by molar-refractivity contribution is 5.96. The van der Waals surface area contributed by atoms with Crippen LogP contribution in [0.3, 0.4) is 0 Å². The second kappa shape index (κ2) is 26.0. The van der Waals surface area contributed by atoms with Gasteiger partial charge >= 0.3 is 17.9 Å². The number of carboxylic acids is 3. The maximum atomic E-state index is 14.5. The molecule has 4 N–H and O–H groups in total. The molecule has 0 spiro atoms. The summed E-state index contributed by atoms with van der Waals surface area (Å²) >= 11 is 0. The molecule has 4 aliphatic carbocycles. The van der Waals surface area contributed by atoms with Gasteiger partial charge in [-0.05, 0) is 150 Å². The number of benzene rings is 2. The Morgan fingerprint density at radius 2 is 1.29 bits per heavy atom. The number of carbonyl (C=O) groups excluding carboxylic acids is 3. The number of methoxy groups -OCH3 is 2. The van der Waals surface area contributed by atoms with Crippen LogP contribution < -0.4 is 14.8 Å². The summed E-state index contributed by atoms with van der Waals surface area (Å²) in [6.45, 7) is 10.0. The van der Waals surface area contributed by atoms with Crippen LogP contribution in [-0.2, 0) is 19.2 Å². The molecule has 20 nitrogen and oxygen atoms in total. The Morgan fingerprint density at radius 1 is 0.740 bits per heavy atom. The van der Waals surface area contributed by atoms with E-state index in [2.05, 4.69) is 31.0 Å². The lowest BCUT2D eigenvalue weighted by Crippen LogP contribution is -2.64. The van der Waals surface area contributed by atoms with E-state index in [4.69, 9.17) is 14.6 Å². The van der Waals surface area contributed by atoms with Crippen molar-refractivity contribution in [3.05, 3.63) is 59.3 Å². The molecule has 4 bridgehead atoms. The molecule has 5 aliphatic rings. The fraction of sp³-hybridized carbons (Fsp3) is 0.632. The fourth-order valence-electron chi connectivity index (χ4n) is 12.8. The summed E-state index contributed by atoms with van der Waals surface area (Å²) < 4.78 is 13.5. The van der Waals surface area contributed by atoms with Crippen molar-refractivity contribution in [3.63, 3.8) is 0 Å². The lowest BCUT2D eigenvalue weighted by molar-refractivity contribution is -0.145. The molecule has 422 valence electrons. The van der Waals surface area contributed by atoms with Crippen molar-refractivity contribution < 1.29 is 53.6 Å². The lowest BCUT2D eigenvalue weighted by Gasteiger charge is -2.60. The highest BCUT2D eigenvalue weighted by Crippen LogP contribution is 2.58. The van der Waals surface area contributed by atoms with Crippen molar-refractivity contribution >= 4 is 35.6 Å². The molecule has 1 atom stereocenters. The van der Waals surface area contributed by atoms with Crippen LogP contribution in [0.5, 0.6) is 11.5 Å². The highest BCUT2D eigenvalue weighted by Gasteiger charge is 2.55. The number of nitrogens with one attached hydrogen (secondary N) is 1. The maximum Gasteiger partial charge on any atom is 0.320 e. The SMILES string of the molecule is COc1cccc(OC)c1-c1cc(C(=O)NC2(C)C3CC4CC(C3)CC2C4)nn1-c1ccc(C(=O)N(C)CCCN(C)CCCN(C)C(=O)CCC(C(=O)O)N2CCN(CC(=O)O)CCN(CC(=O)O)CC2)cc1C(C)C. The molecule has 1 aliphatic heterocycles. The van der Waals surface area contributed by atoms with Gasteiger partial charge in [-0.15, -0.1) is 0 Å². The van der Waals surface area contributed by atoms with Crippen molar-refractivity contribution in [2.45, 2.75) is 96.1 Å². The minimum absolute atomic E-state index is 0.00204. The summed E-state index contributed by atoms with van der Waals surface area (Å²) in [5, 5.41) is 37.6. The van der Waals surface area contributed by atoms with E-state index in [0.717, 1.165) is 48.8 Å². The topological polar surface area (TPSA) is 231 Å². The second-order valence-electron chi connectivity index (χ2n) is 22.7. The summed E-state index contributed by atoms with van der Waals surface area (Å²) in [6, 6.07) is 12.1. The number of carbonyl (C=O) groups is 6. The monoisotopic (exact) mass is 1070 g/mol. The average Bonchev–Trinajstić information content (AvgIpc) is 3.87. The number of ether oxygens (including phenoxy) is 2. The van der Waals surface area contributed by atoms with E-state index >= 15 is 0 Å². The Kier molecular flexibility index (Phi) is 19.8. The van der Waals surface area contributed by atoms with Gasteiger partial charge in [0, 0.05) is 84.0 Å². The van der Waals surface area contributed by atoms with E-state index in [1.807, 2.05) is 49.5 Å². The second-order valence-corrected chi connectivity index (χ2v) is 22.7. The molecule has 5 fully saturated rings. The normalized spacial score (nSPS) is 22.3. The fourth-order valence-corrected chi connectivity index (χ4v) is 12.8. The molecule has 4 saturated carbocycles. The Morgan fingerprint density at radius 3 is 1.81 bits per heavy atom. The molecule has 3 aromatic rings. The predicted octanol–water partition coefficient (Wildman–Crippen LogP) is 5.19. The van der Waals surface area contributed by atoms with Gasteiger partial charge in [-0.1, -0.05) is 19.9 Å². The van der Waals surface area contributed by atoms with E-state index in [1.54, 1.807) is 57.5 Å². The summed E-state index contributed by atoms with van der Waals surface area (Å²) in [5.74, 6) is -0.111. The zero-order chi connectivity index (χ0) is 55.7. The standard InChI is InChI=1S/C57H83N9O11/c1-37(2)43-33-40(14-15-45(43)66-47(53-48(76-7)12-9-13-49(53)77-8)34-44(59-66)54(72)58-57(3)41-29-38-28-39(31-41)32-42(57)30-38)55(73)62(6)21-11-19-60(4)18-10-20-61(5)50(67)17-16-46(56(74)75)65-26-24-63(35-51(68)69)22-23-64(25-27-65)36-52(70)71/h9,12-15,33-34,37-39,41-42,46H,10-11,16-32,35-36H2,1-8H3,(H,58,72)(H,68,69)(H,70,71)(H,74,75). The van der Waals surface area contributed by atoms with Crippen molar-refractivity contribution in [3.8, 4) is 28.4 Å². The molecule has 1 saturated heterocycles. The molecule has 1 aromatic heterocycles. The zero-order valence-electron chi connectivity index (χ0n) is 46.5. The summed E-state index contributed by atoms with van der Waals surface area (Å²) in [4.78, 5) is 87.9. The number of aliphatic carboxylic acids is 3. The Balaban J connectivity index is 0.938. The maximum absolute atomic E-state index is 14.5. The molecule has 3 amide bonds. The summed E-state index contributed by atoms with van der Waals surface area (Å²) in [7, 11) is 8.71. The number of aromatic nitrogens is 2. The molecule has 77 heavy (non-hydrogen) atoms. The Hall–Kier alpha value is -6.09. The third kappa shape index (κ3) is 14.3. The molecule has 8 rings (SSSR count). The number of hydrogen-bond donors (Lipinski definition) is 4. The van der Waals surface area contributed by atoms with Gasteiger partial charge < -0.3 is 44.8 Å². The third-order valence-corrected chi connectivity index (χ3v) is 17.0. The van der Waals surface area contributed by atoms with Gasteiger partial charge in [-0.3, -0.25) is 43.5 Å². The lowest BCUT2D eigenvalue weighted by atomic mass is 9.49. The number of nitrogens with zero attached hydrogens (tertiary/aromatic N) is 8. The van der Waals surface area contributed by atoms with Gasteiger partial charge in [0.1, 0.15) is 17.5 Å². The first-order valence-electron chi connectivity index (χ1n) is 27.5. The van der Waals surface area contributed by atoms with Crippen LogP contribution in [0, 0.1) is 23.7 Å². The Bertz CT molecular complexity index is 2510. The molecule has 20 heteroatoms. The van der Waals surface area contributed by atoms with E-state index < -0.39 is 23.9 Å². The van der Waals surface area contributed by atoms with Gasteiger partial charge in [0.15, 0.2) is 5.69 Å². The van der Waals surface area contributed by atoms with Crippen LogP contribution in [0.25, 0.3) is 16.9 Å². The Labute approximate surface area is 453 Å². The van der Waals surface area contributed by atoms with Gasteiger partial charge in [0.05, 0.1) is 44.3 Å². The van der Waals surface area contributed by atoms with Crippen LogP contribution in [0.2, 0.25) is 0 Å². The van der Waals surface area contributed by atoms with Gasteiger partial charge in [-0.25, -0.2) is 4.68 Å². The molecule has 2 aromatic carbocycles. The minimum Gasteiger partial charge on any atom is -0.496 e. The number of hydrogen-bond acceptors (Lipinski definition) is 13. The number of rotatable bonds is 25. The molecular weight excluding hydrogens is 987 g/mol. The summed E-state index contributed by atoms with van der Waals surface area (Å²) in [5.41, 5.74) is 3.44. The first kappa shape index (κ1) is 58.6. The molecular formula is C57H83N9O11. The van der Waals surface area contributed by atoms with Crippen LogP contribution in [0.4, 0.5) is 0 Å². The van der Waals surface area contributed by atoms with Crippen molar-refractivity contribution in [2.24, 2.45) is 23.7 Å². The first-order valence-corrected chi connectivity index (χ1v) is 27.5. The molecule has 0 radical (unpaired) electrons. The van der Waals surface area contributed by atoms with Crippen molar-refractivity contribution in [2.75, 3.05) is 114 Å². The van der Waals surface area contributed by atoms with Crippen molar-refractivity contribution in [1.29, 1.82) is 0 Å².